The number of anilines is 1. The van der Waals surface area contributed by atoms with Gasteiger partial charge in [0.05, 0.1) is 25.6 Å². The Hall–Kier alpha value is -2.77. The molecule has 0 saturated heterocycles. The van der Waals surface area contributed by atoms with E-state index in [1.165, 1.54) is 5.56 Å². The minimum Gasteiger partial charge on any atom is -0.493 e. The topological polar surface area (TPSA) is 83.8 Å². The molecule has 2 aromatic carbocycles. The summed E-state index contributed by atoms with van der Waals surface area (Å²) in [6.45, 7) is 0.295. The third-order valence-electron chi connectivity index (χ3n) is 4.35. The Morgan fingerprint density at radius 1 is 1.00 bits per heavy atom. The summed E-state index contributed by atoms with van der Waals surface area (Å²) >= 11 is 0. The zero-order valence-electron chi connectivity index (χ0n) is 14.8. The van der Waals surface area contributed by atoms with E-state index in [4.69, 9.17) is 24.7 Å². The molecular formula is C19H22N2O5. The second-order valence-corrected chi connectivity index (χ2v) is 5.99. The van der Waals surface area contributed by atoms with Crippen molar-refractivity contribution in [2.24, 2.45) is 5.16 Å². The largest absolute Gasteiger partial charge is 0.493 e. The van der Waals surface area contributed by atoms with E-state index in [-0.39, 0.29) is 10.9 Å². The molecule has 0 saturated carbocycles. The molecule has 1 aliphatic rings. The van der Waals surface area contributed by atoms with Gasteiger partial charge < -0.3 is 14.3 Å². The summed E-state index contributed by atoms with van der Waals surface area (Å²) in [6, 6.07) is 10.6. The van der Waals surface area contributed by atoms with Crippen molar-refractivity contribution in [2.75, 3.05) is 19.4 Å². The van der Waals surface area contributed by atoms with Gasteiger partial charge in [0.1, 0.15) is 6.61 Å². The van der Waals surface area contributed by atoms with E-state index in [9.17, 15) is 0 Å². The molecule has 0 unspecified atom stereocenters. The molecule has 7 heteroatoms. The predicted molar refractivity (Wildman–Crippen MR) is 96.3 cm³/mol. The van der Waals surface area contributed by atoms with Gasteiger partial charge in [-0.3, -0.25) is 10.4 Å². The fraction of sp³-hybridized carbons (Fsp3) is 0.316. The van der Waals surface area contributed by atoms with Crippen LogP contribution < -0.4 is 14.7 Å². The van der Waals surface area contributed by atoms with Crippen LogP contribution in [-0.4, -0.2) is 30.3 Å². The maximum Gasteiger partial charge on any atom is 0.161 e. The molecule has 2 aromatic rings. The molecule has 1 aliphatic carbocycles. The van der Waals surface area contributed by atoms with Crippen molar-refractivity contribution in [3.8, 4) is 11.5 Å². The minimum atomic E-state index is 0.0749. The third-order valence-corrected chi connectivity index (χ3v) is 4.35. The highest BCUT2D eigenvalue weighted by molar-refractivity contribution is 6.03. The maximum absolute atomic E-state index is 8.95. The van der Waals surface area contributed by atoms with Crippen molar-refractivity contribution in [3.63, 3.8) is 0 Å². The Bertz CT molecular complexity index is 787. The van der Waals surface area contributed by atoms with E-state index in [0.717, 1.165) is 41.9 Å². The minimum absolute atomic E-state index is 0.0749. The van der Waals surface area contributed by atoms with Crippen LogP contribution in [0.2, 0.25) is 0 Å². The van der Waals surface area contributed by atoms with Crippen LogP contribution in [0.1, 0.15) is 29.5 Å². The fourth-order valence-corrected chi connectivity index (χ4v) is 2.98. The maximum atomic E-state index is 8.95. The van der Waals surface area contributed by atoms with Gasteiger partial charge in [0.25, 0.3) is 0 Å². The van der Waals surface area contributed by atoms with Crippen LogP contribution in [0.4, 0.5) is 5.69 Å². The number of aryl methyl sites for hydroxylation is 1. The summed E-state index contributed by atoms with van der Waals surface area (Å²) in [5.41, 5.74) is 4.25. The molecule has 0 aliphatic heterocycles. The van der Waals surface area contributed by atoms with Crippen molar-refractivity contribution in [1.29, 1.82) is 0 Å². The van der Waals surface area contributed by atoms with Gasteiger partial charge in [0.2, 0.25) is 0 Å². The van der Waals surface area contributed by atoms with Gasteiger partial charge in [0.15, 0.2) is 11.5 Å². The molecule has 0 radical (unpaired) electrons. The molecule has 26 heavy (non-hydrogen) atoms. The summed E-state index contributed by atoms with van der Waals surface area (Å²) in [7, 11) is 3.24. The standard InChI is InChI=1S/C19H22N2O5/c1-24-18-10-14-4-3-5-17(16(14)11-19(18)25-2)20-26-12-13-6-8-15(9-7-13)21(22)23/h6-11,22-23H,3-5,12H2,1-2H3/b20-17+. The van der Waals surface area contributed by atoms with Gasteiger partial charge in [-0.15, -0.1) is 5.23 Å². The second kappa shape index (κ2) is 8.07. The smallest absolute Gasteiger partial charge is 0.161 e. The Morgan fingerprint density at radius 3 is 2.35 bits per heavy atom. The molecule has 0 fully saturated rings. The average Bonchev–Trinajstić information content (AvgIpc) is 2.67. The molecule has 138 valence electrons. The van der Waals surface area contributed by atoms with Crippen molar-refractivity contribution in [3.05, 3.63) is 53.1 Å². The zero-order valence-corrected chi connectivity index (χ0v) is 14.8. The number of oxime groups is 1. The first-order valence-corrected chi connectivity index (χ1v) is 8.33. The average molecular weight is 358 g/mol. The summed E-state index contributed by atoms with van der Waals surface area (Å²) in [5, 5.41) is 22.3. The third kappa shape index (κ3) is 3.89. The van der Waals surface area contributed by atoms with E-state index < -0.39 is 0 Å². The molecule has 0 aromatic heterocycles. The Labute approximate surface area is 151 Å². The first-order chi connectivity index (χ1) is 12.6. The highest BCUT2D eigenvalue weighted by Crippen LogP contribution is 2.34. The molecule has 0 amide bonds. The van der Waals surface area contributed by atoms with Crippen LogP contribution in [0.25, 0.3) is 0 Å². The molecular weight excluding hydrogens is 336 g/mol. The number of ether oxygens (including phenoxy) is 2. The normalized spacial score (nSPS) is 14.7. The van der Waals surface area contributed by atoms with Crippen molar-refractivity contribution >= 4 is 11.4 Å². The number of hydrogen-bond acceptors (Lipinski definition) is 7. The van der Waals surface area contributed by atoms with Crippen LogP contribution in [0.5, 0.6) is 11.5 Å². The second-order valence-electron chi connectivity index (χ2n) is 5.99. The quantitative estimate of drug-likeness (QED) is 0.769. The van der Waals surface area contributed by atoms with E-state index in [0.29, 0.717) is 12.4 Å². The molecule has 0 atom stereocenters. The summed E-state index contributed by atoms with van der Waals surface area (Å²) in [6.07, 6.45) is 2.81. The monoisotopic (exact) mass is 358 g/mol. The number of benzene rings is 2. The number of hydrogen-bond donors (Lipinski definition) is 2. The fourth-order valence-electron chi connectivity index (χ4n) is 2.98. The van der Waals surface area contributed by atoms with Crippen LogP contribution in [0, 0.1) is 0 Å². The van der Waals surface area contributed by atoms with E-state index in [1.54, 1.807) is 38.5 Å². The van der Waals surface area contributed by atoms with Crippen molar-refractivity contribution < 1.29 is 24.7 Å². The summed E-state index contributed by atoms with van der Waals surface area (Å²) in [5.74, 6) is 1.39. The van der Waals surface area contributed by atoms with Gasteiger partial charge in [-0.2, -0.15) is 0 Å². The zero-order chi connectivity index (χ0) is 18.5. The Morgan fingerprint density at radius 2 is 1.69 bits per heavy atom. The predicted octanol–water partition coefficient (Wildman–Crippen LogP) is 3.55. The van der Waals surface area contributed by atoms with Crippen molar-refractivity contribution in [2.45, 2.75) is 25.9 Å². The van der Waals surface area contributed by atoms with Gasteiger partial charge in [-0.05, 0) is 54.7 Å². The highest BCUT2D eigenvalue weighted by atomic mass is 16.8. The van der Waals surface area contributed by atoms with Gasteiger partial charge in [0, 0.05) is 5.56 Å². The Kier molecular flexibility index (Phi) is 5.60. The molecule has 7 nitrogen and oxygen atoms in total. The summed E-state index contributed by atoms with van der Waals surface area (Å²) in [4.78, 5) is 5.52. The first kappa shape index (κ1) is 18.0. The first-order valence-electron chi connectivity index (χ1n) is 8.33. The number of rotatable bonds is 6. The van der Waals surface area contributed by atoms with Crippen LogP contribution >= 0.6 is 0 Å². The van der Waals surface area contributed by atoms with Crippen LogP contribution in [0.3, 0.4) is 0 Å². The lowest BCUT2D eigenvalue weighted by Gasteiger charge is -2.20. The van der Waals surface area contributed by atoms with E-state index >= 15 is 0 Å². The lowest BCUT2D eigenvalue weighted by molar-refractivity contribution is 0.0291. The molecule has 0 bridgehead atoms. The van der Waals surface area contributed by atoms with Gasteiger partial charge in [-0.25, -0.2) is 0 Å². The van der Waals surface area contributed by atoms with Gasteiger partial charge >= 0.3 is 0 Å². The lowest BCUT2D eigenvalue weighted by Crippen LogP contribution is -2.13. The number of methoxy groups -OCH3 is 2. The number of fused-ring (bicyclic) bond motifs is 1. The molecule has 2 N–H and O–H groups in total. The van der Waals surface area contributed by atoms with E-state index in [2.05, 4.69) is 5.16 Å². The number of nitrogens with zero attached hydrogens (tertiary/aromatic N) is 2. The van der Waals surface area contributed by atoms with Crippen LogP contribution in [-0.2, 0) is 17.9 Å². The SMILES string of the molecule is COc1cc2c(cc1OC)/C(=N/OCc1ccc(N(O)O)cc1)CCC2. The molecule has 0 spiro atoms. The Balaban J connectivity index is 1.74. The van der Waals surface area contributed by atoms with Crippen molar-refractivity contribution in [1.82, 2.24) is 0 Å². The lowest BCUT2D eigenvalue weighted by atomic mass is 9.89. The van der Waals surface area contributed by atoms with E-state index in [1.807, 2.05) is 12.1 Å². The highest BCUT2D eigenvalue weighted by Gasteiger charge is 2.20. The summed E-state index contributed by atoms with van der Waals surface area (Å²) < 4.78 is 10.8. The van der Waals surface area contributed by atoms with Crippen LogP contribution in [0.15, 0.2) is 41.6 Å². The molecule has 3 rings (SSSR count). The van der Waals surface area contributed by atoms with Gasteiger partial charge in [-0.1, -0.05) is 17.3 Å². The molecule has 0 heterocycles.